The predicted molar refractivity (Wildman–Crippen MR) is 118 cm³/mol. The molecule has 19 fully saturated rings. The maximum Gasteiger partial charge on any atom is 0.0110 e. The van der Waals surface area contributed by atoms with Crippen LogP contribution in [0.2, 0.25) is 0 Å². The first-order valence-electron chi connectivity index (χ1n) is 17.1. The molecule has 19 rings (SSSR count). The molecule has 0 amide bonds. The Kier molecular flexibility index (Phi) is 1.03. The third-order valence-electron chi connectivity index (χ3n) is 25.1. The Morgan fingerprint density at radius 1 is 0.343 bits per heavy atom. The standard InChI is InChI=1S/C34H31N/c1-5-3-9-13-17-21-25-24-20-16-12-8-2-6-4-10(35-9)14-18-22-26-23-19-15-11(7(1)8)27(5,12)29(15,16)31(19,20)33(23,24)34(25,26)32(21,22)30(17,18)28(6,13)14/h5-26,35H,1-4H2. The summed E-state index contributed by atoms with van der Waals surface area (Å²) in [6.45, 7) is 0. The van der Waals surface area contributed by atoms with Crippen molar-refractivity contribution in [1.82, 2.24) is 5.32 Å². The van der Waals surface area contributed by atoms with Crippen LogP contribution in [0.25, 0.3) is 0 Å². The summed E-state index contributed by atoms with van der Waals surface area (Å²) in [7, 11) is 0. The maximum atomic E-state index is 4.67. The zero-order valence-corrected chi connectivity index (χ0v) is 20.0. The van der Waals surface area contributed by atoms with E-state index >= 15 is 0 Å². The van der Waals surface area contributed by atoms with Gasteiger partial charge < -0.3 is 5.32 Å². The zero-order chi connectivity index (χ0) is 20.2. The van der Waals surface area contributed by atoms with Crippen LogP contribution in [0, 0.1) is 162 Å². The Morgan fingerprint density at radius 2 is 0.686 bits per heavy atom. The summed E-state index contributed by atoms with van der Waals surface area (Å²) in [5.74, 6) is 26.0. The molecule has 18 saturated carbocycles. The molecule has 0 aromatic rings. The van der Waals surface area contributed by atoms with Crippen molar-refractivity contribution in [3.63, 3.8) is 0 Å². The van der Waals surface area contributed by atoms with Gasteiger partial charge in [-0.05, 0) is 187 Å². The minimum atomic E-state index is 0.948. The Morgan fingerprint density at radius 3 is 1.14 bits per heavy atom. The summed E-state index contributed by atoms with van der Waals surface area (Å²) < 4.78 is 0. The number of piperidine rings is 1. The molecular weight excluding hydrogens is 422 g/mol. The van der Waals surface area contributed by atoms with Crippen molar-refractivity contribution in [1.29, 1.82) is 0 Å². The number of hydrogen-bond acceptors (Lipinski definition) is 1. The van der Waals surface area contributed by atoms with Crippen molar-refractivity contribution in [2.45, 2.75) is 37.8 Å². The first-order chi connectivity index (χ1) is 17.4. The molecule has 35 heavy (non-hydrogen) atoms. The van der Waals surface area contributed by atoms with Gasteiger partial charge in [0, 0.05) is 12.1 Å². The first kappa shape index (κ1) is 13.8. The van der Waals surface area contributed by atoms with E-state index in [0.29, 0.717) is 0 Å². The average molecular weight is 454 g/mol. The maximum absolute atomic E-state index is 4.67. The zero-order valence-electron chi connectivity index (χ0n) is 20.0. The summed E-state index contributed by atoms with van der Waals surface area (Å²) in [6.07, 6.45) is 6.95. The van der Waals surface area contributed by atoms with Gasteiger partial charge in [0.25, 0.3) is 0 Å². The van der Waals surface area contributed by atoms with E-state index in [1.54, 1.807) is 25.7 Å². The summed E-state index contributed by atoms with van der Waals surface area (Å²) >= 11 is 0. The van der Waals surface area contributed by atoms with E-state index < -0.39 is 0 Å². The van der Waals surface area contributed by atoms with Crippen LogP contribution in [-0.4, -0.2) is 12.1 Å². The van der Waals surface area contributed by atoms with Gasteiger partial charge in [0.1, 0.15) is 0 Å². The largest absolute Gasteiger partial charge is 0.311 e. The molecule has 19 aliphatic rings. The SMILES string of the molecule is C1C2NC3CC4CC5C6CC1C17C3C3C8C9C%10C%11C%12C6C46C5C4C5C%13C%14C%15C(C21)C37C8%15C9%14C%10%13C%115C%1246. The molecule has 1 saturated heterocycles. The molecule has 1 heteroatoms. The van der Waals surface area contributed by atoms with E-state index in [1.165, 1.54) is 118 Å². The number of rotatable bonds is 0. The molecule has 8 spiro atoms. The van der Waals surface area contributed by atoms with Gasteiger partial charge in [0.05, 0.1) is 0 Å². The summed E-state index contributed by atoms with van der Waals surface area (Å²) in [5, 5.41) is 4.67. The smallest absolute Gasteiger partial charge is 0.0110 e. The lowest BCUT2D eigenvalue weighted by Gasteiger charge is -3.33. The highest BCUT2D eigenvalue weighted by Gasteiger charge is 3.33. The Labute approximate surface area is 204 Å². The van der Waals surface area contributed by atoms with E-state index in [0.717, 1.165) is 55.4 Å². The van der Waals surface area contributed by atoms with Crippen molar-refractivity contribution in [2.24, 2.45) is 162 Å². The van der Waals surface area contributed by atoms with Crippen molar-refractivity contribution < 1.29 is 0 Å². The van der Waals surface area contributed by atoms with Crippen LogP contribution < -0.4 is 5.32 Å². The fourth-order valence-electron chi connectivity index (χ4n) is 29.5. The molecule has 1 nitrogen and oxygen atoms in total. The first-order valence-corrected chi connectivity index (χ1v) is 17.1. The van der Waals surface area contributed by atoms with E-state index in [1.807, 2.05) is 0 Å². The van der Waals surface area contributed by atoms with Crippen LogP contribution in [0.5, 0.6) is 0 Å². The number of fused-ring (bicyclic) bond motifs is 13. The molecule has 30 unspecified atom stereocenters. The second-order valence-electron chi connectivity index (χ2n) is 20.5. The van der Waals surface area contributed by atoms with Crippen molar-refractivity contribution >= 4 is 0 Å². The molecule has 1 heterocycles. The van der Waals surface area contributed by atoms with Crippen LogP contribution in [-0.2, 0) is 0 Å². The van der Waals surface area contributed by atoms with E-state index in [4.69, 9.17) is 0 Å². The van der Waals surface area contributed by atoms with Crippen LogP contribution >= 0.6 is 0 Å². The highest BCUT2D eigenvalue weighted by atomic mass is 15.4. The van der Waals surface area contributed by atoms with E-state index in [-0.39, 0.29) is 0 Å². The quantitative estimate of drug-likeness (QED) is 0.593. The van der Waals surface area contributed by atoms with Gasteiger partial charge in [0.2, 0.25) is 0 Å². The van der Waals surface area contributed by atoms with Gasteiger partial charge in [-0.15, -0.1) is 0 Å². The lowest BCUT2D eigenvalue weighted by Crippen LogP contribution is -3.32. The monoisotopic (exact) mass is 453 g/mol. The van der Waals surface area contributed by atoms with Crippen LogP contribution in [0.15, 0.2) is 0 Å². The van der Waals surface area contributed by atoms with Crippen LogP contribution in [0.1, 0.15) is 25.7 Å². The number of hydrogen-bond donors (Lipinski definition) is 1. The van der Waals surface area contributed by atoms with Crippen LogP contribution in [0.4, 0.5) is 0 Å². The summed E-state index contributed by atoms with van der Waals surface area (Å²) in [5.41, 5.74) is 8.24. The fourth-order valence-corrected chi connectivity index (χ4v) is 29.5. The highest BCUT2D eigenvalue weighted by Crippen LogP contribution is 3.35. The third-order valence-corrected chi connectivity index (χ3v) is 25.1. The summed E-state index contributed by atoms with van der Waals surface area (Å²) in [6, 6.07) is 2.01. The molecule has 30 atom stereocenters. The minimum Gasteiger partial charge on any atom is -0.311 e. The molecule has 0 radical (unpaired) electrons. The van der Waals surface area contributed by atoms with Crippen molar-refractivity contribution in [3.05, 3.63) is 0 Å². The molecule has 0 aromatic heterocycles. The lowest BCUT2D eigenvalue weighted by molar-refractivity contribution is -0.881. The highest BCUT2D eigenvalue weighted by molar-refractivity contribution is 5.79. The Hall–Kier alpha value is -0.0400. The number of nitrogens with one attached hydrogen (secondary N) is 1. The van der Waals surface area contributed by atoms with Gasteiger partial charge in [0.15, 0.2) is 0 Å². The minimum absolute atomic E-state index is 0.948. The normalized spacial score (nSPS) is 115. The molecular formula is C34H31N. The molecule has 172 valence electrons. The van der Waals surface area contributed by atoms with E-state index in [2.05, 4.69) is 5.32 Å². The third kappa shape index (κ3) is 0.487. The molecule has 18 aliphatic carbocycles. The van der Waals surface area contributed by atoms with E-state index in [9.17, 15) is 0 Å². The predicted octanol–water partition coefficient (Wildman–Crippen LogP) is 3.36. The second-order valence-corrected chi connectivity index (χ2v) is 20.5. The molecule has 0 aromatic carbocycles. The van der Waals surface area contributed by atoms with Crippen molar-refractivity contribution in [2.75, 3.05) is 0 Å². The molecule has 1 N–H and O–H groups in total. The lowest BCUT2D eigenvalue weighted by atomic mass is 8.70. The fraction of sp³-hybridized carbons (Fsp3) is 1.00. The van der Waals surface area contributed by atoms with Gasteiger partial charge >= 0.3 is 0 Å². The van der Waals surface area contributed by atoms with Gasteiger partial charge in [-0.25, -0.2) is 0 Å². The van der Waals surface area contributed by atoms with Crippen molar-refractivity contribution in [3.8, 4) is 0 Å². The topological polar surface area (TPSA) is 12.0 Å². The second kappa shape index (κ2) is 2.61. The van der Waals surface area contributed by atoms with Gasteiger partial charge in [-0.3, -0.25) is 0 Å². The Balaban J connectivity index is 1.07. The average Bonchev–Trinajstić information content (AvgIpc) is 3.19. The summed E-state index contributed by atoms with van der Waals surface area (Å²) in [4.78, 5) is 0. The molecule has 1 aliphatic heterocycles. The van der Waals surface area contributed by atoms with Gasteiger partial charge in [-0.1, -0.05) is 0 Å². The van der Waals surface area contributed by atoms with Gasteiger partial charge in [-0.2, -0.15) is 0 Å². The van der Waals surface area contributed by atoms with Crippen LogP contribution in [0.3, 0.4) is 0 Å². The molecule has 6 bridgehead atoms. The Bertz CT molecular complexity index is 1640.